The number of Topliss-reactive ketones (excluding diaryl/α,β-unsaturated/α-hetero) is 1. The summed E-state index contributed by atoms with van der Waals surface area (Å²) in [6.07, 6.45) is 6.41. The summed E-state index contributed by atoms with van der Waals surface area (Å²) in [5.41, 5.74) is -0.647. The molecule has 1 unspecified atom stereocenters. The smallest absolute Gasteiger partial charge is 0.334 e. The first-order valence-corrected chi connectivity index (χ1v) is 9.23. The van der Waals surface area contributed by atoms with E-state index in [1.807, 2.05) is 6.92 Å². The van der Waals surface area contributed by atoms with Crippen LogP contribution in [-0.4, -0.2) is 29.1 Å². The second-order valence-electron chi connectivity index (χ2n) is 8.96. The summed E-state index contributed by atoms with van der Waals surface area (Å²) in [5.74, 6) is -0.306. The highest BCUT2D eigenvalue weighted by atomic mass is 16.5. The number of aliphatic hydroxyl groups is 1. The third-order valence-corrected chi connectivity index (χ3v) is 7.41. The van der Waals surface area contributed by atoms with Gasteiger partial charge in [-0.15, -0.1) is 0 Å². The summed E-state index contributed by atoms with van der Waals surface area (Å²) in [7, 11) is 0. The van der Waals surface area contributed by atoms with Crippen LogP contribution in [0.1, 0.15) is 66.2 Å². The zero-order chi connectivity index (χ0) is 17.8. The summed E-state index contributed by atoms with van der Waals surface area (Å²) >= 11 is 0. The van der Waals surface area contributed by atoms with Crippen molar-refractivity contribution in [3.8, 4) is 0 Å². The number of hydrogen-bond donors (Lipinski definition) is 1. The molecule has 2 fully saturated rings. The molecular formula is C20H30O4. The molecule has 2 saturated carbocycles. The number of hydrogen-bond acceptors (Lipinski definition) is 4. The highest BCUT2D eigenvalue weighted by Gasteiger charge is 2.63. The van der Waals surface area contributed by atoms with Gasteiger partial charge >= 0.3 is 5.97 Å². The maximum absolute atomic E-state index is 12.7. The molecule has 0 aromatic carbocycles. The van der Waals surface area contributed by atoms with Crippen molar-refractivity contribution in [2.24, 2.45) is 22.7 Å². The van der Waals surface area contributed by atoms with Crippen LogP contribution in [0, 0.1) is 22.7 Å². The molecule has 0 spiro atoms. The SMILES string of the molecule is C[C@@H]1C(=O)CC2C(C)(C)CCC[C@]2(C)[C@@]1(O)CCC1=CCOC1=O. The van der Waals surface area contributed by atoms with E-state index in [2.05, 4.69) is 20.8 Å². The van der Waals surface area contributed by atoms with Crippen molar-refractivity contribution in [2.75, 3.05) is 6.61 Å². The van der Waals surface area contributed by atoms with Gasteiger partial charge in [0.05, 0.1) is 5.60 Å². The van der Waals surface area contributed by atoms with Gasteiger partial charge < -0.3 is 9.84 Å². The minimum absolute atomic E-state index is 0.0579. The van der Waals surface area contributed by atoms with Crippen LogP contribution in [0.2, 0.25) is 0 Å². The number of fused-ring (bicyclic) bond motifs is 1. The third-order valence-electron chi connectivity index (χ3n) is 7.41. The summed E-state index contributed by atoms with van der Waals surface area (Å²) in [6.45, 7) is 8.83. The third kappa shape index (κ3) is 2.45. The van der Waals surface area contributed by atoms with Gasteiger partial charge in [-0.1, -0.05) is 34.1 Å². The Balaban J connectivity index is 1.92. The Morgan fingerprint density at radius 2 is 1.96 bits per heavy atom. The summed E-state index contributed by atoms with van der Waals surface area (Å²) < 4.78 is 4.97. The highest BCUT2D eigenvalue weighted by molar-refractivity contribution is 5.90. The summed E-state index contributed by atoms with van der Waals surface area (Å²) in [5, 5.41) is 11.7. The van der Waals surface area contributed by atoms with Gasteiger partial charge in [0.1, 0.15) is 12.4 Å². The van der Waals surface area contributed by atoms with Crippen LogP contribution in [0.5, 0.6) is 0 Å². The maximum atomic E-state index is 12.7. The standard InChI is InChI=1S/C20H30O4/c1-13-15(21)12-16-18(2,3)8-5-9-19(16,4)20(13,23)10-6-14-7-11-24-17(14)22/h7,13,16,23H,5-6,8-12H2,1-4H3/t13-,16?,19+,20-/m1/s1. The molecule has 24 heavy (non-hydrogen) atoms. The molecule has 0 amide bonds. The van der Waals surface area contributed by atoms with E-state index in [1.165, 1.54) is 0 Å². The van der Waals surface area contributed by atoms with Gasteiger partial charge in [0.15, 0.2) is 0 Å². The molecule has 134 valence electrons. The fourth-order valence-corrected chi connectivity index (χ4v) is 5.71. The van der Waals surface area contributed by atoms with E-state index in [-0.39, 0.29) is 34.4 Å². The van der Waals surface area contributed by atoms with E-state index in [0.717, 1.165) is 19.3 Å². The lowest BCUT2D eigenvalue weighted by molar-refractivity contribution is -0.208. The topological polar surface area (TPSA) is 63.6 Å². The second kappa shape index (κ2) is 5.69. The normalized spacial score (nSPS) is 41.6. The van der Waals surface area contributed by atoms with Crippen molar-refractivity contribution < 1.29 is 19.4 Å². The minimum Gasteiger partial charge on any atom is -0.458 e. The molecular weight excluding hydrogens is 304 g/mol. The number of carbonyl (C=O) groups excluding carboxylic acids is 2. The van der Waals surface area contributed by atoms with Gasteiger partial charge in [0.25, 0.3) is 0 Å². The van der Waals surface area contributed by atoms with Crippen molar-refractivity contribution in [3.63, 3.8) is 0 Å². The Labute approximate surface area is 144 Å². The Morgan fingerprint density at radius 3 is 2.58 bits per heavy atom. The predicted molar refractivity (Wildman–Crippen MR) is 91.2 cm³/mol. The van der Waals surface area contributed by atoms with Gasteiger partial charge in [-0.25, -0.2) is 4.79 Å². The van der Waals surface area contributed by atoms with Crippen molar-refractivity contribution >= 4 is 11.8 Å². The molecule has 3 rings (SSSR count). The fourth-order valence-electron chi connectivity index (χ4n) is 5.71. The van der Waals surface area contributed by atoms with Crippen LogP contribution < -0.4 is 0 Å². The molecule has 4 atom stereocenters. The summed E-state index contributed by atoms with van der Waals surface area (Å²) in [6, 6.07) is 0. The van der Waals surface area contributed by atoms with Gasteiger partial charge in [-0.3, -0.25) is 4.79 Å². The van der Waals surface area contributed by atoms with Gasteiger partial charge in [0.2, 0.25) is 0 Å². The van der Waals surface area contributed by atoms with Crippen LogP contribution in [0.25, 0.3) is 0 Å². The number of ketones is 1. The number of carbonyl (C=O) groups is 2. The van der Waals surface area contributed by atoms with Crippen LogP contribution in [0.3, 0.4) is 0 Å². The molecule has 0 aromatic rings. The average Bonchev–Trinajstić information content (AvgIpc) is 2.91. The van der Waals surface area contributed by atoms with Gasteiger partial charge in [-0.05, 0) is 43.1 Å². The number of rotatable bonds is 3. The van der Waals surface area contributed by atoms with Gasteiger partial charge in [0, 0.05) is 23.3 Å². The van der Waals surface area contributed by atoms with Crippen LogP contribution in [0.15, 0.2) is 11.6 Å². The van der Waals surface area contributed by atoms with Crippen molar-refractivity contribution in [1.82, 2.24) is 0 Å². The molecule has 0 aromatic heterocycles. The Bertz CT molecular complexity index is 590. The number of cyclic esters (lactones) is 1. The molecule has 1 N–H and O–H groups in total. The maximum Gasteiger partial charge on any atom is 0.334 e. The lowest BCUT2D eigenvalue weighted by Gasteiger charge is -2.62. The van der Waals surface area contributed by atoms with Crippen LogP contribution in [-0.2, 0) is 14.3 Å². The Morgan fingerprint density at radius 1 is 1.25 bits per heavy atom. The molecule has 2 aliphatic carbocycles. The zero-order valence-electron chi connectivity index (χ0n) is 15.4. The molecule has 4 heteroatoms. The van der Waals surface area contributed by atoms with Crippen molar-refractivity contribution in [2.45, 2.75) is 71.8 Å². The summed E-state index contributed by atoms with van der Waals surface area (Å²) in [4.78, 5) is 24.4. The number of esters is 1. The molecule has 1 heterocycles. The van der Waals surface area contributed by atoms with E-state index in [1.54, 1.807) is 6.08 Å². The molecule has 0 bridgehead atoms. The van der Waals surface area contributed by atoms with E-state index in [4.69, 9.17) is 4.74 Å². The molecule has 0 saturated heterocycles. The minimum atomic E-state index is -1.06. The van der Waals surface area contributed by atoms with Gasteiger partial charge in [-0.2, -0.15) is 0 Å². The van der Waals surface area contributed by atoms with Crippen molar-refractivity contribution in [3.05, 3.63) is 11.6 Å². The van der Waals surface area contributed by atoms with Crippen molar-refractivity contribution in [1.29, 1.82) is 0 Å². The lowest BCUT2D eigenvalue weighted by atomic mass is 9.44. The van der Waals surface area contributed by atoms with E-state index in [0.29, 0.717) is 31.4 Å². The monoisotopic (exact) mass is 334 g/mol. The predicted octanol–water partition coefficient (Wildman–Crippen LogP) is 3.42. The fraction of sp³-hybridized carbons (Fsp3) is 0.800. The number of ether oxygens (including phenoxy) is 1. The highest BCUT2D eigenvalue weighted by Crippen LogP contribution is 2.63. The zero-order valence-corrected chi connectivity index (χ0v) is 15.4. The molecule has 0 radical (unpaired) electrons. The largest absolute Gasteiger partial charge is 0.458 e. The quantitative estimate of drug-likeness (QED) is 0.803. The van der Waals surface area contributed by atoms with Crippen LogP contribution in [0.4, 0.5) is 0 Å². The molecule has 3 aliphatic rings. The van der Waals surface area contributed by atoms with E-state index < -0.39 is 5.60 Å². The Hall–Kier alpha value is -1.16. The van der Waals surface area contributed by atoms with E-state index in [9.17, 15) is 14.7 Å². The first-order valence-electron chi connectivity index (χ1n) is 9.23. The average molecular weight is 334 g/mol. The second-order valence-corrected chi connectivity index (χ2v) is 8.96. The van der Waals surface area contributed by atoms with E-state index >= 15 is 0 Å². The Kier molecular flexibility index (Phi) is 4.18. The lowest BCUT2D eigenvalue weighted by Crippen LogP contribution is -2.64. The first kappa shape index (κ1) is 17.7. The molecule has 1 aliphatic heterocycles. The molecule has 4 nitrogen and oxygen atoms in total. The van der Waals surface area contributed by atoms with Crippen LogP contribution >= 0.6 is 0 Å². The first-order chi connectivity index (χ1) is 11.1.